The van der Waals surface area contributed by atoms with Crippen LogP contribution in [0.5, 0.6) is 0 Å². The average molecular weight is 416 g/mol. The molecule has 166 valence electrons. The number of aryl methyl sites for hydroxylation is 1. The molecule has 0 radical (unpaired) electrons. The molecule has 30 heavy (non-hydrogen) atoms. The predicted octanol–water partition coefficient (Wildman–Crippen LogP) is 2.11. The number of hydrogen-bond acceptors (Lipinski definition) is 5. The van der Waals surface area contributed by atoms with Crippen LogP contribution < -0.4 is 10.6 Å². The number of ether oxygens (including phenoxy) is 1. The lowest BCUT2D eigenvalue weighted by Crippen LogP contribution is -2.40. The van der Waals surface area contributed by atoms with Crippen LogP contribution >= 0.6 is 0 Å². The Hall–Kier alpha value is -2.45. The van der Waals surface area contributed by atoms with E-state index in [2.05, 4.69) is 70.0 Å². The van der Waals surface area contributed by atoms with E-state index in [0.29, 0.717) is 12.6 Å². The Morgan fingerprint density at radius 3 is 2.60 bits per heavy atom. The molecule has 0 aliphatic rings. The van der Waals surface area contributed by atoms with Gasteiger partial charge in [0.2, 0.25) is 0 Å². The third-order valence-electron chi connectivity index (χ3n) is 5.26. The summed E-state index contributed by atoms with van der Waals surface area (Å²) in [6.45, 7) is 8.01. The van der Waals surface area contributed by atoms with Gasteiger partial charge < -0.3 is 19.9 Å². The van der Waals surface area contributed by atoms with E-state index in [1.807, 2.05) is 18.5 Å². The molecule has 0 saturated heterocycles. The Morgan fingerprint density at radius 2 is 1.93 bits per heavy atom. The van der Waals surface area contributed by atoms with Gasteiger partial charge in [-0.1, -0.05) is 30.3 Å². The van der Waals surface area contributed by atoms with Gasteiger partial charge in [-0.15, -0.1) is 10.2 Å². The van der Waals surface area contributed by atoms with Crippen molar-refractivity contribution in [2.45, 2.75) is 45.8 Å². The van der Waals surface area contributed by atoms with Crippen LogP contribution in [-0.4, -0.2) is 65.5 Å². The first-order valence-electron chi connectivity index (χ1n) is 10.6. The molecule has 1 unspecified atom stereocenters. The van der Waals surface area contributed by atoms with Crippen molar-refractivity contribution >= 4 is 5.96 Å². The van der Waals surface area contributed by atoms with Crippen LogP contribution in [0.2, 0.25) is 0 Å². The van der Waals surface area contributed by atoms with E-state index >= 15 is 0 Å². The summed E-state index contributed by atoms with van der Waals surface area (Å²) in [5.74, 6) is 2.53. The number of benzene rings is 1. The summed E-state index contributed by atoms with van der Waals surface area (Å²) in [5.41, 5.74) is 1.33. The fraction of sp³-hybridized carbons (Fsp3) is 0.591. The topological polar surface area (TPSA) is 79.6 Å². The smallest absolute Gasteiger partial charge is 0.191 e. The zero-order valence-electron chi connectivity index (χ0n) is 19.1. The highest BCUT2D eigenvalue weighted by molar-refractivity contribution is 5.79. The number of nitrogens with zero attached hydrogens (tertiary/aromatic N) is 5. The molecule has 2 aromatic rings. The number of guanidine groups is 1. The van der Waals surface area contributed by atoms with Crippen LogP contribution in [0.3, 0.4) is 0 Å². The van der Waals surface area contributed by atoms with E-state index in [1.54, 1.807) is 7.11 Å². The maximum atomic E-state index is 5.13. The molecule has 0 bridgehead atoms. The molecule has 0 amide bonds. The van der Waals surface area contributed by atoms with Gasteiger partial charge in [-0.3, -0.25) is 4.90 Å². The van der Waals surface area contributed by atoms with Gasteiger partial charge >= 0.3 is 0 Å². The monoisotopic (exact) mass is 415 g/mol. The summed E-state index contributed by atoms with van der Waals surface area (Å²) in [6, 6.07) is 11.0. The minimum absolute atomic E-state index is 0.453. The molecular weight excluding hydrogens is 378 g/mol. The first-order valence-corrected chi connectivity index (χ1v) is 10.6. The average Bonchev–Trinajstić information content (AvgIpc) is 3.07. The lowest BCUT2D eigenvalue weighted by atomic mass is 10.1. The van der Waals surface area contributed by atoms with Crippen molar-refractivity contribution in [1.29, 1.82) is 0 Å². The highest BCUT2D eigenvalue weighted by atomic mass is 16.5. The van der Waals surface area contributed by atoms with Crippen molar-refractivity contribution in [3.05, 3.63) is 47.5 Å². The third-order valence-corrected chi connectivity index (χ3v) is 5.26. The number of methoxy groups -OCH3 is 1. The SMILES string of the molecule is COCCCNC(=NCc1nnc(C)n1C)NCCC(C)N(C)Cc1ccccc1. The van der Waals surface area contributed by atoms with Crippen LogP contribution in [0.4, 0.5) is 0 Å². The fourth-order valence-electron chi connectivity index (χ4n) is 2.98. The molecule has 1 atom stereocenters. The predicted molar refractivity (Wildman–Crippen MR) is 121 cm³/mol. The van der Waals surface area contributed by atoms with Gasteiger partial charge in [-0.25, -0.2) is 4.99 Å². The standard InChI is InChI=1S/C22H37N7O/c1-18(28(3)17-20-10-7-6-8-11-20)12-14-24-22(23-13-9-15-30-5)25-16-21-27-26-19(2)29(21)4/h6-8,10-11,18H,9,12-17H2,1-5H3,(H2,23,24,25). The fourth-order valence-corrected chi connectivity index (χ4v) is 2.98. The van der Waals surface area contributed by atoms with Crippen LogP contribution in [0.25, 0.3) is 0 Å². The van der Waals surface area contributed by atoms with E-state index in [9.17, 15) is 0 Å². The third kappa shape index (κ3) is 8.12. The van der Waals surface area contributed by atoms with E-state index in [4.69, 9.17) is 9.73 Å². The Labute approximate surface area is 180 Å². The summed E-state index contributed by atoms with van der Waals surface area (Å²) in [7, 11) is 5.85. The van der Waals surface area contributed by atoms with Gasteiger partial charge in [-0.05, 0) is 39.3 Å². The maximum absolute atomic E-state index is 5.13. The quantitative estimate of drug-likeness (QED) is 0.314. The van der Waals surface area contributed by atoms with Crippen molar-refractivity contribution in [2.75, 3.05) is 33.9 Å². The minimum Gasteiger partial charge on any atom is -0.385 e. The summed E-state index contributed by atoms with van der Waals surface area (Å²) in [5, 5.41) is 15.1. The number of aromatic nitrogens is 3. The highest BCUT2D eigenvalue weighted by Crippen LogP contribution is 2.08. The Kier molecular flexibility index (Phi) is 10.3. The first-order chi connectivity index (χ1) is 14.5. The number of aliphatic imine (C=N–C) groups is 1. The molecule has 0 spiro atoms. The molecule has 8 nitrogen and oxygen atoms in total. The van der Waals surface area contributed by atoms with Crippen molar-refractivity contribution in [3.8, 4) is 0 Å². The second-order valence-electron chi connectivity index (χ2n) is 7.63. The Morgan fingerprint density at radius 1 is 1.20 bits per heavy atom. The summed E-state index contributed by atoms with van der Waals surface area (Å²) >= 11 is 0. The second kappa shape index (κ2) is 13.0. The van der Waals surface area contributed by atoms with Gasteiger partial charge in [-0.2, -0.15) is 0 Å². The number of rotatable bonds is 12. The lowest BCUT2D eigenvalue weighted by Gasteiger charge is -2.25. The molecule has 0 fully saturated rings. The molecule has 2 rings (SSSR count). The molecule has 8 heteroatoms. The molecule has 1 aromatic carbocycles. The zero-order chi connectivity index (χ0) is 21.8. The number of nitrogens with one attached hydrogen (secondary N) is 2. The van der Waals surface area contributed by atoms with Crippen LogP contribution in [0.15, 0.2) is 35.3 Å². The van der Waals surface area contributed by atoms with E-state index in [1.165, 1.54) is 5.56 Å². The molecule has 2 N–H and O–H groups in total. The Bertz CT molecular complexity index is 760. The van der Waals surface area contributed by atoms with Gasteiger partial charge in [0.05, 0.1) is 0 Å². The maximum Gasteiger partial charge on any atom is 0.191 e. The Balaban J connectivity index is 1.84. The molecule has 0 saturated carbocycles. The van der Waals surface area contributed by atoms with Gasteiger partial charge in [0, 0.05) is 46.4 Å². The normalized spacial score (nSPS) is 12.9. The van der Waals surface area contributed by atoms with Crippen molar-refractivity contribution in [1.82, 2.24) is 30.3 Å². The van der Waals surface area contributed by atoms with E-state index in [0.717, 1.165) is 56.7 Å². The zero-order valence-corrected chi connectivity index (χ0v) is 19.1. The first kappa shape index (κ1) is 23.8. The van der Waals surface area contributed by atoms with E-state index < -0.39 is 0 Å². The van der Waals surface area contributed by atoms with Gasteiger partial charge in [0.1, 0.15) is 12.4 Å². The molecule has 0 aliphatic carbocycles. The largest absolute Gasteiger partial charge is 0.385 e. The van der Waals surface area contributed by atoms with Crippen LogP contribution in [-0.2, 0) is 24.9 Å². The molecular formula is C22H37N7O. The van der Waals surface area contributed by atoms with Crippen molar-refractivity contribution in [2.24, 2.45) is 12.0 Å². The van der Waals surface area contributed by atoms with Gasteiger partial charge in [0.25, 0.3) is 0 Å². The lowest BCUT2D eigenvalue weighted by molar-refractivity contribution is 0.195. The van der Waals surface area contributed by atoms with Gasteiger partial charge in [0.15, 0.2) is 11.8 Å². The number of hydrogen-bond donors (Lipinski definition) is 2. The summed E-state index contributed by atoms with van der Waals surface area (Å²) in [4.78, 5) is 7.07. The summed E-state index contributed by atoms with van der Waals surface area (Å²) < 4.78 is 7.10. The minimum atomic E-state index is 0.453. The summed E-state index contributed by atoms with van der Waals surface area (Å²) in [6.07, 6.45) is 1.95. The van der Waals surface area contributed by atoms with E-state index in [-0.39, 0.29) is 0 Å². The molecule has 1 aromatic heterocycles. The van der Waals surface area contributed by atoms with Crippen molar-refractivity contribution in [3.63, 3.8) is 0 Å². The van der Waals surface area contributed by atoms with Crippen LogP contribution in [0, 0.1) is 6.92 Å². The molecule has 1 heterocycles. The van der Waals surface area contributed by atoms with Crippen LogP contribution in [0.1, 0.15) is 37.0 Å². The second-order valence-corrected chi connectivity index (χ2v) is 7.63. The highest BCUT2D eigenvalue weighted by Gasteiger charge is 2.10. The molecule has 0 aliphatic heterocycles. The van der Waals surface area contributed by atoms with Crippen molar-refractivity contribution < 1.29 is 4.74 Å².